The highest BCUT2D eigenvalue weighted by Crippen LogP contribution is 2.16. The summed E-state index contributed by atoms with van der Waals surface area (Å²) >= 11 is 1.90. The SMILES string of the molecule is CCCSCc1ncc(C(C)NCC)c(C)n1. The van der Waals surface area contributed by atoms with Crippen molar-refractivity contribution in [2.24, 2.45) is 0 Å². The van der Waals surface area contributed by atoms with Crippen molar-refractivity contribution in [1.29, 1.82) is 0 Å². The van der Waals surface area contributed by atoms with Crippen molar-refractivity contribution in [3.05, 3.63) is 23.3 Å². The van der Waals surface area contributed by atoms with Gasteiger partial charge in [0.15, 0.2) is 0 Å². The van der Waals surface area contributed by atoms with Gasteiger partial charge in [-0.1, -0.05) is 13.8 Å². The lowest BCUT2D eigenvalue weighted by atomic mass is 10.1. The van der Waals surface area contributed by atoms with E-state index in [9.17, 15) is 0 Å². The van der Waals surface area contributed by atoms with Crippen LogP contribution in [-0.2, 0) is 5.75 Å². The summed E-state index contributed by atoms with van der Waals surface area (Å²) in [4.78, 5) is 9.02. The number of thioether (sulfide) groups is 1. The standard InChI is InChI=1S/C13H23N3S/c1-5-7-17-9-13-15-8-12(11(4)16-13)10(3)14-6-2/h8,10,14H,5-7,9H2,1-4H3. The smallest absolute Gasteiger partial charge is 0.138 e. The summed E-state index contributed by atoms with van der Waals surface area (Å²) in [5.74, 6) is 3.05. The third-order valence-electron chi connectivity index (χ3n) is 2.62. The highest BCUT2D eigenvalue weighted by Gasteiger charge is 2.09. The van der Waals surface area contributed by atoms with Gasteiger partial charge < -0.3 is 5.32 Å². The molecule has 0 bridgehead atoms. The third kappa shape index (κ3) is 4.64. The van der Waals surface area contributed by atoms with Gasteiger partial charge in [0, 0.05) is 23.5 Å². The van der Waals surface area contributed by atoms with Crippen LogP contribution in [0, 0.1) is 6.92 Å². The highest BCUT2D eigenvalue weighted by molar-refractivity contribution is 7.98. The van der Waals surface area contributed by atoms with Crippen LogP contribution in [0.15, 0.2) is 6.20 Å². The van der Waals surface area contributed by atoms with Crippen LogP contribution in [0.5, 0.6) is 0 Å². The second-order valence-electron chi connectivity index (χ2n) is 4.16. The zero-order valence-corrected chi connectivity index (χ0v) is 12.1. The molecule has 3 nitrogen and oxygen atoms in total. The minimum absolute atomic E-state index is 0.331. The first kappa shape index (κ1) is 14.5. The van der Waals surface area contributed by atoms with Crippen LogP contribution in [0.1, 0.15) is 50.3 Å². The maximum Gasteiger partial charge on any atom is 0.138 e. The predicted octanol–water partition coefficient (Wildman–Crippen LogP) is 3.10. The van der Waals surface area contributed by atoms with E-state index in [1.165, 1.54) is 17.7 Å². The van der Waals surface area contributed by atoms with Crippen molar-refractivity contribution in [1.82, 2.24) is 15.3 Å². The molecule has 96 valence electrons. The molecular formula is C13H23N3S. The van der Waals surface area contributed by atoms with E-state index in [0.717, 1.165) is 23.8 Å². The summed E-state index contributed by atoms with van der Waals surface area (Å²) in [5, 5.41) is 3.39. The second kappa shape index (κ2) is 7.67. The molecule has 0 aromatic carbocycles. The molecule has 1 unspecified atom stereocenters. The highest BCUT2D eigenvalue weighted by atomic mass is 32.2. The van der Waals surface area contributed by atoms with Gasteiger partial charge in [0.25, 0.3) is 0 Å². The summed E-state index contributed by atoms with van der Waals surface area (Å²) in [6, 6.07) is 0.331. The number of hydrogen-bond acceptors (Lipinski definition) is 4. The summed E-state index contributed by atoms with van der Waals surface area (Å²) < 4.78 is 0. The van der Waals surface area contributed by atoms with Crippen molar-refractivity contribution >= 4 is 11.8 Å². The Morgan fingerprint density at radius 3 is 2.76 bits per heavy atom. The van der Waals surface area contributed by atoms with E-state index in [2.05, 4.69) is 43.0 Å². The lowest BCUT2D eigenvalue weighted by molar-refractivity contribution is 0.589. The van der Waals surface area contributed by atoms with E-state index in [4.69, 9.17) is 0 Å². The van der Waals surface area contributed by atoms with Gasteiger partial charge in [-0.05, 0) is 32.6 Å². The molecule has 1 atom stereocenters. The Morgan fingerprint density at radius 1 is 1.41 bits per heavy atom. The van der Waals surface area contributed by atoms with Crippen LogP contribution in [-0.4, -0.2) is 22.3 Å². The van der Waals surface area contributed by atoms with Gasteiger partial charge in [0.2, 0.25) is 0 Å². The monoisotopic (exact) mass is 253 g/mol. The minimum atomic E-state index is 0.331. The molecule has 0 aliphatic heterocycles. The Bertz CT molecular complexity index is 341. The Hall–Kier alpha value is -0.610. The topological polar surface area (TPSA) is 37.8 Å². The molecule has 0 amide bonds. The van der Waals surface area contributed by atoms with Crippen LogP contribution in [0.2, 0.25) is 0 Å². The average Bonchev–Trinajstić information content (AvgIpc) is 2.29. The van der Waals surface area contributed by atoms with Crippen LogP contribution in [0.3, 0.4) is 0 Å². The molecule has 1 rings (SSSR count). The molecule has 0 radical (unpaired) electrons. The first-order chi connectivity index (χ1) is 8.19. The van der Waals surface area contributed by atoms with Crippen molar-refractivity contribution in [3.63, 3.8) is 0 Å². The number of hydrogen-bond donors (Lipinski definition) is 1. The Balaban J connectivity index is 2.65. The van der Waals surface area contributed by atoms with Crippen LogP contribution >= 0.6 is 11.8 Å². The summed E-state index contributed by atoms with van der Waals surface area (Å²) in [6.45, 7) is 9.50. The molecule has 17 heavy (non-hydrogen) atoms. The van der Waals surface area contributed by atoms with Gasteiger partial charge in [0.05, 0.1) is 5.75 Å². The van der Waals surface area contributed by atoms with E-state index >= 15 is 0 Å². The van der Waals surface area contributed by atoms with Crippen molar-refractivity contribution in [2.75, 3.05) is 12.3 Å². The largest absolute Gasteiger partial charge is 0.310 e. The summed E-state index contributed by atoms with van der Waals surface area (Å²) in [7, 11) is 0. The zero-order valence-electron chi connectivity index (χ0n) is 11.3. The van der Waals surface area contributed by atoms with Gasteiger partial charge >= 0.3 is 0 Å². The molecule has 0 aliphatic carbocycles. The van der Waals surface area contributed by atoms with Crippen LogP contribution in [0.4, 0.5) is 0 Å². The lowest BCUT2D eigenvalue weighted by Gasteiger charge is -2.14. The maximum atomic E-state index is 4.58. The van der Waals surface area contributed by atoms with Crippen molar-refractivity contribution in [3.8, 4) is 0 Å². The number of nitrogens with one attached hydrogen (secondary N) is 1. The normalized spacial score (nSPS) is 12.7. The Kier molecular flexibility index (Phi) is 6.52. The van der Waals surface area contributed by atoms with E-state index < -0.39 is 0 Å². The molecule has 0 saturated heterocycles. The van der Waals surface area contributed by atoms with Gasteiger partial charge in [-0.2, -0.15) is 11.8 Å². The number of rotatable bonds is 7. The molecule has 0 aliphatic rings. The second-order valence-corrected chi connectivity index (χ2v) is 5.26. The van der Waals surface area contributed by atoms with E-state index in [1.54, 1.807) is 0 Å². The molecular weight excluding hydrogens is 230 g/mol. The maximum absolute atomic E-state index is 4.58. The molecule has 0 saturated carbocycles. The number of nitrogens with zero attached hydrogens (tertiary/aromatic N) is 2. The third-order valence-corrected chi connectivity index (χ3v) is 3.78. The zero-order chi connectivity index (χ0) is 12.7. The molecule has 1 N–H and O–H groups in total. The minimum Gasteiger partial charge on any atom is -0.310 e. The van der Waals surface area contributed by atoms with E-state index in [0.29, 0.717) is 6.04 Å². The summed E-state index contributed by atoms with van der Waals surface area (Å²) in [6.07, 6.45) is 3.18. The Morgan fingerprint density at radius 2 is 2.18 bits per heavy atom. The molecule has 1 heterocycles. The quantitative estimate of drug-likeness (QED) is 0.758. The van der Waals surface area contributed by atoms with E-state index in [-0.39, 0.29) is 0 Å². The van der Waals surface area contributed by atoms with Gasteiger partial charge in [-0.3, -0.25) is 0 Å². The fourth-order valence-corrected chi connectivity index (χ4v) is 2.50. The molecule has 1 aromatic rings. The van der Waals surface area contributed by atoms with Gasteiger partial charge in [-0.15, -0.1) is 0 Å². The van der Waals surface area contributed by atoms with Gasteiger partial charge in [-0.25, -0.2) is 9.97 Å². The van der Waals surface area contributed by atoms with Crippen LogP contribution < -0.4 is 5.32 Å². The molecule has 1 aromatic heterocycles. The van der Waals surface area contributed by atoms with Crippen LogP contribution in [0.25, 0.3) is 0 Å². The first-order valence-corrected chi connectivity index (χ1v) is 7.48. The van der Waals surface area contributed by atoms with Crippen molar-refractivity contribution < 1.29 is 0 Å². The first-order valence-electron chi connectivity index (χ1n) is 6.32. The van der Waals surface area contributed by atoms with Crippen molar-refractivity contribution in [2.45, 2.75) is 45.9 Å². The average molecular weight is 253 g/mol. The predicted molar refractivity (Wildman–Crippen MR) is 75.3 cm³/mol. The summed E-state index contributed by atoms with van der Waals surface area (Å²) in [5.41, 5.74) is 2.30. The van der Waals surface area contributed by atoms with E-state index in [1.807, 2.05) is 18.0 Å². The number of aryl methyl sites for hydroxylation is 1. The Labute approximate surface area is 109 Å². The lowest BCUT2D eigenvalue weighted by Crippen LogP contribution is -2.19. The molecule has 0 fully saturated rings. The number of aromatic nitrogens is 2. The fourth-order valence-electron chi connectivity index (χ4n) is 1.74. The van der Waals surface area contributed by atoms with Gasteiger partial charge in [0.1, 0.15) is 5.82 Å². The molecule has 4 heteroatoms. The fraction of sp³-hybridized carbons (Fsp3) is 0.692. The molecule has 0 spiro atoms.